The van der Waals surface area contributed by atoms with E-state index in [9.17, 15) is 4.79 Å². The lowest BCUT2D eigenvalue weighted by Gasteiger charge is -2.08. The van der Waals surface area contributed by atoms with Crippen LogP contribution < -0.4 is 11.1 Å². The van der Waals surface area contributed by atoms with Gasteiger partial charge >= 0.3 is 0 Å². The van der Waals surface area contributed by atoms with Crippen LogP contribution in [0.5, 0.6) is 0 Å². The second kappa shape index (κ2) is 5.37. The van der Waals surface area contributed by atoms with Crippen LogP contribution >= 0.6 is 27.5 Å². The van der Waals surface area contributed by atoms with Crippen LogP contribution in [0.3, 0.4) is 0 Å². The van der Waals surface area contributed by atoms with Crippen LogP contribution in [0.1, 0.15) is 10.5 Å². The van der Waals surface area contributed by atoms with Gasteiger partial charge in [0.25, 0.3) is 5.91 Å². The summed E-state index contributed by atoms with van der Waals surface area (Å²) in [6, 6.07) is 8.48. The van der Waals surface area contributed by atoms with Crippen LogP contribution in [0.15, 0.2) is 41.0 Å². The Kier molecular flexibility index (Phi) is 3.84. The van der Waals surface area contributed by atoms with Gasteiger partial charge in [-0.25, -0.2) is 4.98 Å². The molecule has 18 heavy (non-hydrogen) atoms. The molecule has 3 N–H and O–H groups in total. The summed E-state index contributed by atoms with van der Waals surface area (Å²) < 4.78 is 0.620. The Morgan fingerprint density at radius 1 is 1.33 bits per heavy atom. The molecule has 0 atom stereocenters. The molecule has 2 rings (SSSR count). The molecule has 92 valence electrons. The zero-order valence-corrected chi connectivity index (χ0v) is 11.5. The van der Waals surface area contributed by atoms with Gasteiger partial charge in [-0.1, -0.05) is 17.7 Å². The van der Waals surface area contributed by atoms with E-state index in [1.807, 2.05) is 0 Å². The molecule has 1 aromatic carbocycles. The largest absolute Gasteiger partial charge is 0.397 e. The van der Waals surface area contributed by atoms with E-state index in [1.165, 1.54) is 6.20 Å². The highest BCUT2D eigenvalue weighted by Crippen LogP contribution is 2.30. The van der Waals surface area contributed by atoms with Crippen LogP contribution in [-0.2, 0) is 0 Å². The first-order valence-corrected chi connectivity index (χ1v) is 6.22. The van der Waals surface area contributed by atoms with Gasteiger partial charge in [0.1, 0.15) is 0 Å². The van der Waals surface area contributed by atoms with E-state index >= 15 is 0 Å². The average molecular weight is 327 g/mol. The molecule has 4 nitrogen and oxygen atoms in total. The summed E-state index contributed by atoms with van der Waals surface area (Å²) in [4.78, 5) is 15.9. The summed E-state index contributed by atoms with van der Waals surface area (Å²) >= 11 is 9.24. The molecule has 0 saturated heterocycles. The van der Waals surface area contributed by atoms with Crippen molar-refractivity contribution in [1.29, 1.82) is 0 Å². The Bertz CT molecular complexity index is 604. The lowest BCUT2D eigenvalue weighted by Crippen LogP contribution is -2.16. The number of nitrogens with two attached hydrogens (primary N) is 1. The molecular weight excluding hydrogens is 318 g/mol. The zero-order chi connectivity index (χ0) is 13.1. The molecule has 0 aliphatic carbocycles. The van der Waals surface area contributed by atoms with E-state index in [4.69, 9.17) is 17.3 Å². The maximum Gasteiger partial charge on any atom is 0.276 e. The van der Waals surface area contributed by atoms with Gasteiger partial charge in [-0.05, 0) is 40.2 Å². The van der Waals surface area contributed by atoms with Gasteiger partial charge in [-0.3, -0.25) is 4.79 Å². The number of aromatic nitrogens is 1. The number of hydrogen-bond acceptors (Lipinski definition) is 3. The molecule has 1 amide bonds. The molecule has 0 fully saturated rings. The van der Waals surface area contributed by atoms with Crippen LogP contribution in [0.4, 0.5) is 11.4 Å². The number of rotatable bonds is 2. The lowest BCUT2D eigenvalue weighted by atomic mass is 10.2. The first-order valence-electron chi connectivity index (χ1n) is 5.05. The highest BCUT2D eigenvalue weighted by molar-refractivity contribution is 9.10. The van der Waals surface area contributed by atoms with Gasteiger partial charge in [-0.15, -0.1) is 0 Å². The Morgan fingerprint density at radius 2 is 2.11 bits per heavy atom. The number of hydrogen-bond donors (Lipinski definition) is 2. The van der Waals surface area contributed by atoms with Crippen molar-refractivity contribution >= 4 is 44.8 Å². The van der Waals surface area contributed by atoms with Crippen molar-refractivity contribution in [1.82, 2.24) is 4.98 Å². The van der Waals surface area contributed by atoms with Crippen molar-refractivity contribution in [2.45, 2.75) is 0 Å². The van der Waals surface area contributed by atoms with Gasteiger partial charge in [0.05, 0.1) is 20.9 Å². The minimum absolute atomic E-state index is 0.185. The Labute approximate surface area is 117 Å². The number of amides is 1. The molecule has 0 aliphatic rings. The van der Waals surface area contributed by atoms with Gasteiger partial charge in [-0.2, -0.15) is 0 Å². The molecule has 0 saturated carbocycles. The molecule has 1 heterocycles. The fourth-order valence-corrected chi connectivity index (χ4v) is 1.93. The third kappa shape index (κ3) is 2.63. The fraction of sp³-hybridized carbons (Fsp3) is 0. The average Bonchev–Trinajstić information content (AvgIpc) is 2.35. The summed E-state index contributed by atoms with van der Waals surface area (Å²) in [5, 5.41) is 3.21. The molecule has 0 radical (unpaired) electrons. The SMILES string of the molecule is Nc1cccnc1C(=O)Nc1cccc(Cl)c1Br. The highest BCUT2D eigenvalue weighted by Gasteiger charge is 2.13. The minimum Gasteiger partial charge on any atom is -0.397 e. The fourth-order valence-electron chi connectivity index (χ4n) is 1.39. The van der Waals surface area contributed by atoms with E-state index in [0.29, 0.717) is 20.9 Å². The Hall–Kier alpha value is -1.59. The molecule has 1 aromatic heterocycles. The number of benzene rings is 1. The van der Waals surface area contributed by atoms with Crippen molar-refractivity contribution in [2.24, 2.45) is 0 Å². The Morgan fingerprint density at radius 3 is 2.83 bits per heavy atom. The van der Waals surface area contributed by atoms with E-state index in [1.54, 1.807) is 30.3 Å². The molecular formula is C12H9BrClN3O. The van der Waals surface area contributed by atoms with Gasteiger partial charge in [0.2, 0.25) is 0 Å². The van der Waals surface area contributed by atoms with Crippen molar-refractivity contribution in [3.8, 4) is 0 Å². The summed E-state index contributed by atoms with van der Waals surface area (Å²) in [7, 11) is 0. The van der Waals surface area contributed by atoms with Gasteiger partial charge in [0.15, 0.2) is 5.69 Å². The van der Waals surface area contributed by atoms with Crippen LogP contribution in [0.25, 0.3) is 0 Å². The van der Waals surface area contributed by atoms with Gasteiger partial charge in [0, 0.05) is 6.20 Å². The normalized spacial score (nSPS) is 10.1. The van der Waals surface area contributed by atoms with Crippen LogP contribution in [0, 0.1) is 0 Å². The molecule has 6 heteroatoms. The van der Waals surface area contributed by atoms with E-state index in [2.05, 4.69) is 26.2 Å². The molecule has 0 aliphatic heterocycles. The predicted molar refractivity (Wildman–Crippen MR) is 75.8 cm³/mol. The first-order chi connectivity index (χ1) is 8.59. The monoisotopic (exact) mass is 325 g/mol. The third-order valence-corrected chi connectivity index (χ3v) is 3.65. The molecule has 2 aromatic rings. The zero-order valence-electron chi connectivity index (χ0n) is 9.15. The van der Waals surface area contributed by atoms with Crippen molar-refractivity contribution in [2.75, 3.05) is 11.1 Å². The maximum absolute atomic E-state index is 12.0. The van der Waals surface area contributed by atoms with E-state index in [-0.39, 0.29) is 11.6 Å². The number of nitrogens with one attached hydrogen (secondary N) is 1. The van der Waals surface area contributed by atoms with Gasteiger partial charge < -0.3 is 11.1 Å². The summed E-state index contributed by atoms with van der Waals surface area (Å²) in [6.45, 7) is 0. The topological polar surface area (TPSA) is 68.0 Å². The summed E-state index contributed by atoms with van der Waals surface area (Å²) in [5.74, 6) is -0.379. The van der Waals surface area contributed by atoms with Crippen molar-refractivity contribution in [3.63, 3.8) is 0 Å². The second-order valence-corrected chi connectivity index (χ2v) is 4.70. The smallest absolute Gasteiger partial charge is 0.276 e. The third-order valence-electron chi connectivity index (χ3n) is 2.25. The second-order valence-electron chi connectivity index (χ2n) is 3.50. The van der Waals surface area contributed by atoms with Crippen LogP contribution in [-0.4, -0.2) is 10.9 Å². The number of nitrogens with zero attached hydrogens (tertiary/aromatic N) is 1. The number of anilines is 2. The lowest BCUT2D eigenvalue weighted by molar-refractivity contribution is 0.102. The quantitative estimate of drug-likeness (QED) is 0.889. The number of nitrogen functional groups attached to an aromatic ring is 1. The maximum atomic E-state index is 12.0. The van der Waals surface area contributed by atoms with E-state index in [0.717, 1.165) is 0 Å². The van der Waals surface area contributed by atoms with Crippen LogP contribution in [0.2, 0.25) is 5.02 Å². The summed E-state index contributed by atoms with van der Waals surface area (Å²) in [5.41, 5.74) is 6.76. The van der Waals surface area contributed by atoms with Crippen molar-refractivity contribution in [3.05, 3.63) is 51.7 Å². The standard InChI is InChI=1S/C12H9BrClN3O/c13-10-7(14)3-1-5-9(10)17-12(18)11-8(15)4-2-6-16-11/h1-6H,15H2,(H,17,18). The molecule has 0 bridgehead atoms. The number of carbonyl (C=O) groups excluding carboxylic acids is 1. The van der Waals surface area contributed by atoms with E-state index < -0.39 is 0 Å². The summed E-state index contributed by atoms with van der Waals surface area (Å²) in [6.07, 6.45) is 1.51. The first kappa shape index (κ1) is 12.9. The number of carbonyl (C=O) groups is 1. The number of halogens is 2. The minimum atomic E-state index is -0.379. The predicted octanol–water partition coefficient (Wildman–Crippen LogP) is 3.33. The molecule has 0 spiro atoms. The highest BCUT2D eigenvalue weighted by atomic mass is 79.9. The number of pyridine rings is 1. The Balaban J connectivity index is 2.27. The molecule has 0 unspecified atom stereocenters. The van der Waals surface area contributed by atoms with Crippen molar-refractivity contribution < 1.29 is 4.79 Å².